The summed E-state index contributed by atoms with van der Waals surface area (Å²) in [5.41, 5.74) is 3.28. The summed E-state index contributed by atoms with van der Waals surface area (Å²) in [6.07, 6.45) is 0. The minimum atomic E-state index is 0.896. The fourth-order valence-corrected chi connectivity index (χ4v) is 3.97. The number of hydrogen-bond acceptors (Lipinski definition) is 3. The summed E-state index contributed by atoms with van der Waals surface area (Å²) in [4.78, 5) is 4.60. The maximum Gasteiger partial charge on any atom is 0.188 e. The van der Waals surface area contributed by atoms with Crippen LogP contribution in [0.5, 0.6) is 0 Å². The van der Waals surface area contributed by atoms with Gasteiger partial charge in [0.25, 0.3) is 0 Å². The molecule has 0 spiro atoms. The van der Waals surface area contributed by atoms with Crippen molar-refractivity contribution in [1.29, 1.82) is 0 Å². The Morgan fingerprint density at radius 2 is 1.84 bits per heavy atom. The minimum Gasteiger partial charge on any atom is -0.330 e. The Kier molecular flexibility index (Phi) is 3.60. The largest absolute Gasteiger partial charge is 0.330 e. The SMILES string of the molecule is Cc1ccc2nc(Nc3c(Br)cccc3Br)sc2c1. The molecule has 0 bridgehead atoms. The van der Waals surface area contributed by atoms with Gasteiger partial charge in [-0.1, -0.05) is 23.5 Å². The molecule has 5 heteroatoms. The Bertz CT molecular complexity index is 732. The molecular weight excluding hydrogens is 388 g/mol. The van der Waals surface area contributed by atoms with E-state index in [0.717, 1.165) is 25.3 Å². The molecular formula is C14H10Br2N2S. The highest BCUT2D eigenvalue weighted by atomic mass is 79.9. The van der Waals surface area contributed by atoms with Crippen molar-refractivity contribution in [2.24, 2.45) is 0 Å². The molecule has 0 amide bonds. The maximum atomic E-state index is 4.60. The molecule has 1 aromatic heterocycles. The van der Waals surface area contributed by atoms with Crippen molar-refractivity contribution >= 4 is 64.2 Å². The van der Waals surface area contributed by atoms with Crippen molar-refractivity contribution in [3.8, 4) is 0 Å². The molecule has 2 nitrogen and oxygen atoms in total. The number of aryl methyl sites for hydroxylation is 1. The van der Waals surface area contributed by atoms with Crippen molar-refractivity contribution < 1.29 is 0 Å². The van der Waals surface area contributed by atoms with Gasteiger partial charge in [0.2, 0.25) is 0 Å². The molecule has 0 aliphatic rings. The molecule has 0 atom stereocenters. The summed E-state index contributed by atoms with van der Waals surface area (Å²) in [6.45, 7) is 2.09. The van der Waals surface area contributed by atoms with Crippen LogP contribution in [-0.2, 0) is 0 Å². The van der Waals surface area contributed by atoms with E-state index in [-0.39, 0.29) is 0 Å². The molecule has 1 heterocycles. The van der Waals surface area contributed by atoms with Crippen molar-refractivity contribution in [2.45, 2.75) is 6.92 Å². The predicted octanol–water partition coefficient (Wildman–Crippen LogP) is 5.87. The number of hydrogen-bond donors (Lipinski definition) is 1. The molecule has 0 saturated heterocycles. The van der Waals surface area contributed by atoms with Gasteiger partial charge in [-0.05, 0) is 68.6 Å². The van der Waals surface area contributed by atoms with Gasteiger partial charge in [0.1, 0.15) is 0 Å². The number of aromatic nitrogens is 1. The lowest BCUT2D eigenvalue weighted by Gasteiger charge is -2.07. The smallest absolute Gasteiger partial charge is 0.188 e. The average Bonchev–Trinajstić information content (AvgIpc) is 2.75. The monoisotopic (exact) mass is 396 g/mol. The standard InChI is InChI=1S/C14H10Br2N2S/c1-8-5-6-11-12(7-8)19-14(17-11)18-13-9(15)3-2-4-10(13)16/h2-7H,1H3,(H,17,18). The first-order valence-electron chi connectivity index (χ1n) is 5.72. The summed E-state index contributed by atoms with van der Waals surface area (Å²) < 4.78 is 3.22. The van der Waals surface area contributed by atoms with Crippen LogP contribution in [0.2, 0.25) is 0 Å². The van der Waals surface area contributed by atoms with Crippen LogP contribution in [0, 0.1) is 6.92 Å². The van der Waals surface area contributed by atoms with E-state index >= 15 is 0 Å². The van der Waals surface area contributed by atoms with E-state index in [0.29, 0.717) is 0 Å². The van der Waals surface area contributed by atoms with Crippen LogP contribution in [0.1, 0.15) is 5.56 Å². The van der Waals surface area contributed by atoms with Gasteiger partial charge in [-0.25, -0.2) is 4.98 Å². The summed E-state index contributed by atoms with van der Waals surface area (Å²) in [7, 11) is 0. The normalized spacial score (nSPS) is 10.9. The number of benzene rings is 2. The van der Waals surface area contributed by atoms with Crippen LogP contribution in [0.25, 0.3) is 10.2 Å². The lowest BCUT2D eigenvalue weighted by molar-refractivity contribution is 1.42. The van der Waals surface area contributed by atoms with E-state index < -0.39 is 0 Å². The number of rotatable bonds is 2. The summed E-state index contributed by atoms with van der Waals surface area (Å²) >= 11 is 8.75. The lowest BCUT2D eigenvalue weighted by Crippen LogP contribution is -1.91. The number of nitrogens with zero attached hydrogens (tertiary/aromatic N) is 1. The zero-order valence-corrected chi connectivity index (χ0v) is 14.1. The topological polar surface area (TPSA) is 24.9 Å². The quantitative estimate of drug-likeness (QED) is 0.584. The van der Waals surface area contributed by atoms with Gasteiger partial charge in [-0.3, -0.25) is 0 Å². The molecule has 19 heavy (non-hydrogen) atoms. The number of anilines is 2. The Balaban J connectivity index is 2.01. The van der Waals surface area contributed by atoms with E-state index in [2.05, 4.69) is 67.3 Å². The first-order chi connectivity index (χ1) is 9.13. The maximum absolute atomic E-state index is 4.60. The predicted molar refractivity (Wildman–Crippen MR) is 89.5 cm³/mol. The van der Waals surface area contributed by atoms with Gasteiger partial charge in [0.15, 0.2) is 5.13 Å². The third kappa shape index (κ3) is 2.68. The van der Waals surface area contributed by atoms with Gasteiger partial charge in [0.05, 0.1) is 15.9 Å². The molecule has 0 radical (unpaired) electrons. The second-order valence-corrected chi connectivity index (χ2v) is 6.95. The first-order valence-corrected chi connectivity index (χ1v) is 8.12. The number of thiazole rings is 1. The Labute approximate surface area is 132 Å². The van der Waals surface area contributed by atoms with Gasteiger partial charge >= 0.3 is 0 Å². The number of para-hydroxylation sites is 1. The fourth-order valence-electron chi connectivity index (χ4n) is 1.81. The Hall–Kier alpha value is -0.910. The van der Waals surface area contributed by atoms with Gasteiger partial charge < -0.3 is 5.32 Å². The van der Waals surface area contributed by atoms with E-state index in [1.165, 1.54) is 10.3 Å². The second kappa shape index (κ2) is 5.23. The molecule has 96 valence electrons. The zero-order valence-electron chi connectivity index (χ0n) is 10.1. The minimum absolute atomic E-state index is 0.896. The van der Waals surface area contributed by atoms with Crippen molar-refractivity contribution in [1.82, 2.24) is 4.98 Å². The summed E-state index contributed by atoms with van der Waals surface area (Å²) in [6, 6.07) is 12.3. The number of fused-ring (bicyclic) bond motifs is 1. The van der Waals surface area contributed by atoms with Crippen LogP contribution in [0.4, 0.5) is 10.8 Å². The van der Waals surface area contributed by atoms with Gasteiger partial charge in [0, 0.05) is 8.95 Å². The molecule has 0 aliphatic heterocycles. The highest BCUT2D eigenvalue weighted by Crippen LogP contribution is 2.35. The zero-order chi connectivity index (χ0) is 13.4. The fraction of sp³-hybridized carbons (Fsp3) is 0.0714. The number of halogens is 2. The van der Waals surface area contributed by atoms with Crippen molar-refractivity contribution in [3.05, 3.63) is 50.9 Å². The molecule has 0 unspecified atom stereocenters. The van der Waals surface area contributed by atoms with E-state index in [1.807, 2.05) is 18.2 Å². The van der Waals surface area contributed by atoms with Gasteiger partial charge in [-0.2, -0.15) is 0 Å². The first kappa shape index (κ1) is 13.1. The molecule has 1 N–H and O–H groups in total. The Morgan fingerprint density at radius 3 is 2.58 bits per heavy atom. The van der Waals surface area contributed by atoms with E-state index in [1.54, 1.807) is 11.3 Å². The molecule has 3 aromatic rings. The van der Waals surface area contributed by atoms with Gasteiger partial charge in [-0.15, -0.1) is 0 Å². The van der Waals surface area contributed by atoms with Crippen LogP contribution in [0.3, 0.4) is 0 Å². The molecule has 0 saturated carbocycles. The van der Waals surface area contributed by atoms with Crippen LogP contribution in [0.15, 0.2) is 45.3 Å². The third-order valence-electron chi connectivity index (χ3n) is 2.74. The van der Waals surface area contributed by atoms with E-state index in [4.69, 9.17) is 0 Å². The van der Waals surface area contributed by atoms with Crippen molar-refractivity contribution in [3.63, 3.8) is 0 Å². The van der Waals surface area contributed by atoms with Crippen LogP contribution in [-0.4, -0.2) is 4.98 Å². The second-order valence-electron chi connectivity index (χ2n) is 4.21. The highest BCUT2D eigenvalue weighted by molar-refractivity contribution is 9.11. The highest BCUT2D eigenvalue weighted by Gasteiger charge is 2.08. The van der Waals surface area contributed by atoms with E-state index in [9.17, 15) is 0 Å². The lowest BCUT2D eigenvalue weighted by atomic mass is 10.2. The van der Waals surface area contributed by atoms with Crippen LogP contribution >= 0.6 is 43.2 Å². The molecule has 0 aliphatic carbocycles. The van der Waals surface area contributed by atoms with Crippen molar-refractivity contribution in [2.75, 3.05) is 5.32 Å². The molecule has 0 fully saturated rings. The number of nitrogens with one attached hydrogen (secondary N) is 1. The van der Waals surface area contributed by atoms with Crippen LogP contribution < -0.4 is 5.32 Å². The molecule has 2 aromatic carbocycles. The summed E-state index contributed by atoms with van der Waals surface area (Å²) in [5.74, 6) is 0. The average molecular weight is 398 g/mol. The Morgan fingerprint density at radius 1 is 1.11 bits per heavy atom. The third-order valence-corrected chi connectivity index (χ3v) is 4.99. The molecule has 3 rings (SSSR count). The summed E-state index contributed by atoms with van der Waals surface area (Å²) in [5, 5.41) is 4.26.